The molecule has 1 saturated carbocycles. The molecular weight excluding hydrogens is 416 g/mol. The molecular formula is C25H36N6O2. The van der Waals surface area contributed by atoms with Crippen LogP contribution in [0.1, 0.15) is 56.6 Å². The van der Waals surface area contributed by atoms with Crippen LogP contribution < -0.4 is 5.32 Å². The van der Waals surface area contributed by atoms with Crippen molar-refractivity contribution in [3.8, 4) is 11.4 Å². The van der Waals surface area contributed by atoms with E-state index in [1.165, 1.54) is 63.6 Å². The molecule has 2 unspecified atom stereocenters. The Labute approximate surface area is 196 Å². The number of likely N-dealkylation sites (tertiary alicyclic amines) is 1. The lowest BCUT2D eigenvalue weighted by molar-refractivity contribution is 0.0620. The zero-order valence-electron chi connectivity index (χ0n) is 19.4. The van der Waals surface area contributed by atoms with Crippen molar-refractivity contribution in [1.82, 2.24) is 30.4 Å². The summed E-state index contributed by atoms with van der Waals surface area (Å²) in [7, 11) is 0. The molecule has 4 atom stereocenters. The molecule has 3 saturated heterocycles. The number of nitrogens with zero attached hydrogens (tertiary/aromatic N) is 5. The number of ether oxygens (including phenoxy) is 2. The van der Waals surface area contributed by atoms with Crippen molar-refractivity contribution in [3.63, 3.8) is 0 Å². The first-order valence-electron chi connectivity index (χ1n) is 12.9. The van der Waals surface area contributed by atoms with Gasteiger partial charge in [-0.15, -0.1) is 5.10 Å². The Morgan fingerprint density at radius 2 is 1.82 bits per heavy atom. The van der Waals surface area contributed by atoms with Gasteiger partial charge in [-0.2, -0.15) is 0 Å². The Bertz CT molecular complexity index is 923. The summed E-state index contributed by atoms with van der Waals surface area (Å²) < 4.78 is 14.5. The van der Waals surface area contributed by atoms with Crippen LogP contribution in [0, 0.1) is 5.92 Å². The molecule has 0 radical (unpaired) electrons. The van der Waals surface area contributed by atoms with Gasteiger partial charge in [0.2, 0.25) is 0 Å². The highest BCUT2D eigenvalue weighted by Gasteiger charge is 2.49. The van der Waals surface area contributed by atoms with Gasteiger partial charge in [0.1, 0.15) is 18.2 Å². The highest BCUT2D eigenvalue weighted by molar-refractivity contribution is 5.56. The Hall–Kier alpha value is -1.87. The largest absolute Gasteiger partial charge is 0.371 e. The second-order valence-corrected chi connectivity index (χ2v) is 10.3. The molecule has 1 aromatic carbocycles. The molecule has 0 bridgehead atoms. The highest BCUT2D eigenvalue weighted by Crippen LogP contribution is 2.36. The van der Waals surface area contributed by atoms with Crippen molar-refractivity contribution >= 4 is 0 Å². The van der Waals surface area contributed by atoms with E-state index >= 15 is 0 Å². The van der Waals surface area contributed by atoms with Crippen LogP contribution in [0.15, 0.2) is 24.3 Å². The average Bonchev–Trinajstić information content (AvgIpc) is 3.64. The minimum absolute atomic E-state index is 0.00344. The lowest BCUT2D eigenvalue weighted by atomic mass is 9.89. The molecule has 3 aliphatic heterocycles. The molecule has 2 aromatic rings. The first-order chi connectivity index (χ1) is 16.3. The van der Waals surface area contributed by atoms with E-state index in [4.69, 9.17) is 9.47 Å². The minimum atomic E-state index is -0.0103. The third-order valence-electron chi connectivity index (χ3n) is 8.02. The predicted molar refractivity (Wildman–Crippen MR) is 125 cm³/mol. The number of rotatable bonds is 7. The number of hydrogen-bond acceptors (Lipinski definition) is 7. The second-order valence-electron chi connectivity index (χ2n) is 10.3. The van der Waals surface area contributed by atoms with Crippen LogP contribution >= 0.6 is 0 Å². The maximum Gasteiger partial charge on any atom is 0.182 e. The van der Waals surface area contributed by atoms with Gasteiger partial charge in [0.25, 0.3) is 0 Å². The fraction of sp³-hybridized carbons (Fsp3) is 0.720. The fourth-order valence-electron chi connectivity index (χ4n) is 6.19. The lowest BCUT2D eigenvalue weighted by Crippen LogP contribution is -2.43. The highest BCUT2D eigenvalue weighted by atomic mass is 16.6. The summed E-state index contributed by atoms with van der Waals surface area (Å²) in [5.41, 5.74) is 2.37. The maximum atomic E-state index is 6.26. The molecule has 8 heteroatoms. The van der Waals surface area contributed by atoms with Gasteiger partial charge < -0.3 is 14.8 Å². The van der Waals surface area contributed by atoms with Crippen LogP contribution in [0.5, 0.6) is 0 Å². The Kier molecular flexibility index (Phi) is 6.42. The summed E-state index contributed by atoms with van der Waals surface area (Å²) in [6, 6.07) is 8.91. The van der Waals surface area contributed by atoms with E-state index in [-0.39, 0.29) is 24.3 Å². The van der Waals surface area contributed by atoms with Crippen molar-refractivity contribution in [2.45, 2.75) is 75.8 Å². The summed E-state index contributed by atoms with van der Waals surface area (Å²) in [5.74, 6) is 1.60. The lowest BCUT2D eigenvalue weighted by Gasteiger charge is -2.25. The van der Waals surface area contributed by atoms with E-state index < -0.39 is 0 Å². The molecule has 4 fully saturated rings. The summed E-state index contributed by atoms with van der Waals surface area (Å²) in [5, 5.41) is 16.6. The summed E-state index contributed by atoms with van der Waals surface area (Å²) >= 11 is 0. The van der Waals surface area contributed by atoms with Crippen LogP contribution in [0.4, 0.5) is 0 Å². The average molecular weight is 453 g/mol. The van der Waals surface area contributed by atoms with Gasteiger partial charge in [0.15, 0.2) is 5.82 Å². The van der Waals surface area contributed by atoms with Gasteiger partial charge in [-0.05, 0) is 73.3 Å². The number of aromatic nitrogens is 4. The predicted octanol–water partition coefficient (Wildman–Crippen LogP) is 2.81. The first kappa shape index (κ1) is 21.6. The number of hydrogen-bond donors (Lipinski definition) is 1. The number of tetrazole rings is 1. The molecule has 178 valence electrons. The van der Waals surface area contributed by atoms with Crippen LogP contribution in [0.2, 0.25) is 0 Å². The van der Waals surface area contributed by atoms with E-state index in [9.17, 15) is 0 Å². The van der Waals surface area contributed by atoms with Crippen molar-refractivity contribution < 1.29 is 9.47 Å². The van der Waals surface area contributed by atoms with E-state index in [0.717, 1.165) is 30.4 Å². The SMILES string of the molecule is c1cc(CN2CCCC2)cc(-c2nnnn2C2CO[C@@H]3C(NCC4CCCCC4)CO[C@H]23)c1. The van der Waals surface area contributed by atoms with Crippen molar-refractivity contribution in [2.24, 2.45) is 5.92 Å². The fourth-order valence-corrected chi connectivity index (χ4v) is 6.19. The van der Waals surface area contributed by atoms with Gasteiger partial charge in [-0.3, -0.25) is 4.90 Å². The molecule has 0 amide bonds. The number of nitrogens with one attached hydrogen (secondary N) is 1. The smallest absolute Gasteiger partial charge is 0.182 e. The zero-order chi connectivity index (χ0) is 22.0. The zero-order valence-corrected chi connectivity index (χ0v) is 19.4. The summed E-state index contributed by atoms with van der Waals surface area (Å²) in [4.78, 5) is 2.52. The minimum Gasteiger partial charge on any atom is -0.371 e. The normalized spacial score (nSPS) is 30.8. The third-order valence-corrected chi connectivity index (χ3v) is 8.02. The third kappa shape index (κ3) is 4.58. The molecule has 0 spiro atoms. The van der Waals surface area contributed by atoms with Crippen molar-refractivity contribution in [1.29, 1.82) is 0 Å². The standard InChI is InChI=1S/C25H36N6O2/c1-2-7-18(8-3-1)14-26-21-16-32-24-22(17-33-23(21)24)31-25(27-28-29-31)20-10-6-9-19(13-20)15-30-11-4-5-12-30/h6,9-10,13,18,21-24,26H,1-5,7-8,11-12,14-17H2/t21?,22?,23-,24-/m1/s1. The summed E-state index contributed by atoms with van der Waals surface area (Å²) in [6.45, 7) is 5.73. The van der Waals surface area contributed by atoms with Gasteiger partial charge in [0.05, 0.1) is 19.3 Å². The van der Waals surface area contributed by atoms with Crippen LogP contribution in [-0.2, 0) is 16.0 Å². The Balaban J connectivity index is 1.13. The number of fused-ring (bicyclic) bond motifs is 1. The monoisotopic (exact) mass is 452 g/mol. The van der Waals surface area contributed by atoms with E-state index in [2.05, 4.69) is 50.0 Å². The van der Waals surface area contributed by atoms with E-state index in [1.54, 1.807) is 0 Å². The van der Waals surface area contributed by atoms with Gasteiger partial charge in [0, 0.05) is 12.1 Å². The topological polar surface area (TPSA) is 77.3 Å². The van der Waals surface area contributed by atoms with Crippen LogP contribution in [-0.4, -0.2) is 76.2 Å². The molecule has 33 heavy (non-hydrogen) atoms. The number of benzene rings is 1. The summed E-state index contributed by atoms with van der Waals surface area (Å²) in [6.07, 6.45) is 9.51. The maximum absolute atomic E-state index is 6.26. The van der Waals surface area contributed by atoms with Gasteiger partial charge >= 0.3 is 0 Å². The van der Waals surface area contributed by atoms with Crippen LogP contribution in [0.3, 0.4) is 0 Å². The Morgan fingerprint density at radius 3 is 2.70 bits per heavy atom. The molecule has 4 aliphatic rings. The molecule has 6 rings (SSSR count). The van der Waals surface area contributed by atoms with Gasteiger partial charge in [-0.1, -0.05) is 37.5 Å². The molecule has 4 heterocycles. The van der Waals surface area contributed by atoms with E-state index in [0.29, 0.717) is 13.2 Å². The molecule has 1 N–H and O–H groups in total. The van der Waals surface area contributed by atoms with Crippen molar-refractivity contribution in [3.05, 3.63) is 29.8 Å². The van der Waals surface area contributed by atoms with E-state index in [1.807, 2.05) is 4.68 Å². The quantitative estimate of drug-likeness (QED) is 0.692. The molecule has 1 aromatic heterocycles. The van der Waals surface area contributed by atoms with Crippen LogP contribution in [0.25, 0.3) is 11.4 Å². The Morgan fingerprint density at radius 1 is 0.970 bits per heavy atom. The second kappa shape index (κ2) is 9.78. The van der Waals surface area contributed by atoms with Crippen molar-refractivity contribution in [2.75, 3.05) is 32.8 Å². The molecule has 8 nitrogen and oxygen atoms in total. The molecule has 1 aliphatic carbocycles. The van der Waals surface area contributed by atoms with Gasteiger partial charge in [-0.25, -0.2) is 4.68 Å². The first-order valence-corrected chi connectivity index (χ1v) is 12.9.